The van der Waals surface area contributed by atoms with Gasteiger partial charge in [-0.3, -0.25) is 14.0 Å². The summed E-state index contributed by atoms with van der Waals surface area (Å²) in [5.74, 6) is 0.807. The third-order valence-electron chi connectivity index (χ3n) is 6.27. The zero-order chi connectivity index (χ0) is 26.9. The van der Waals surface area contributed by atoms with Crippen LogP contribution in [0.25, 0.3) is 16.9 Å². The van der Waals surface area contributed by atoms with E-state index in [0.717, 1.165) is 5.69 Å². The number of rotatable bonds is 6. The number of aromatic nitrogens is 6. The Morgan fingerprint density at radius 1 is 1.18 bits per heavy atom. The number of likely N-dealkylation sites (tertiary alicyclic amines) is 1. The highest BCUT2D eigenvalue weighted by Crippen LogP contribution is 2.25. The number of nitrogens with zero attached hydrogens (tertiary/aromatic N) is 8. The van der Waals surface area contributed by atoms with E-state index in [-0.39, 0.29) is 24.6 Å². The highest BCUT2D eigenvalue weighted by atomic mass is 16.6. The van der Waals surface area contributed by atoms with Gasteiger partial charge in [-0.1, -0.05) is 0 Å². The fourth-order valence-corrected chi connectivity index (χ4v) is 4.45. The number of amides is 2. The summed E-state index contributed by atoms with van der Waals surface area (Å²) in [4.78, 5) is 42.9. The molecule has 0 unspecified atom stereocenters. The maximum Gasteiger partial charge on any atom is 0.410 e. The summed E-state index contributed by atoms with van der Waals surface area (Å²) in [6, 6.07) is -0.143. The SMILES string of the molecule is Cn1cc(-n2cnc3c(NCC(=O)N[C@H]4CCN(C(=O)OC(C)(C)C)C4)nc(N4CCOCC4)nc32)cn1. The van der Waals surface area contributed by atoms with Crippen molar-refractivity contribution in [3.8, 4) is 5.69 Å². The molecule has 0 spiro atoms. The first-order valence-electron chi connectivity index (χ1n) is 12.7. The minimum Gasteiger partial charge on any atom is -0.444 e. The van der Waals surface area contributed by atoms with Gasteiger partial charge in [0.1, 0.15) is 11.9 Å². The van der Waals surface area contributed by atoms with E-state index < -0.39 is 5.60 Å². The molecular formula is C24H34N10O4. The Kier molecular flexibility index (Phi) is 7.06. The Balaban J connectivity index is 1.29. The predicted octanol–water partition coefficient (Wildman–Crippen LogP) is 0.923. The smallest absolute Gasteiger partial charge is 0.410 e. The van der Waals surface area contributed by atoms with Crippen LogP contribution in [0.2, 0.25) is 0 Å². The molecule has 38 heavy (non-hydrogen) atoms. The highest BCUT2D eigenvalue weighted by molar-refractivity contribution is 5.88. The van der Waals surface area contributed by atoms with E-state index >= 15 is 0 Å². The van der Waals surface area contributed by atoms with Crippen LogP contribution in [-0.4, -0.2) is 104 Å². The number of fused-ring (bicyclic) bond motifs is 1. The second-order valence-corrected chi connectivity index (χ2v) is 10.5. The highest BCUT2D eigenvalue weighted by Gasteiger charge is 2.30. The Hall–Kier alpha value is -3.94. The van der Waals surface area contributed by atoms with Crippen molar-refractivity contribution in [3.63, 3.8) is 0 Å². The largest absolute Gasteiger partial charge is 0.444 e. The van der Waals surface area contributed by atoms with Crippen molar-refractivity contribution in [3.05, 3.63) is 18.7 Å². The minimum absolute atomic E-state index is 0.00262. The molecule has 204 valence electrons. The fourth-order valence-electron chi connectivity index (χ4n) is 4.45. The molecule has 5 rings (SSSR count). The molecule has 2 fully saturated rings. The van der Waals surface area contributed by atoms with Gasteiger partial charge in [0.15, 0.2) is 17.0 Å². The zero-order valence-electron chi connectivity index (χ0n) is 22.2. The van der Waals surface area contributed by atoms with Crippen LogP contribution in [0.15, 0.2) is 18.7 Å². The van der Waals surface area contributed by atoms with Gasteiger partial charge in [0.05, 0.1) is 31.6 Å². The topological polar surface area (TPSA) is 145 Å². The molecule has 5 heterocycles. The third kappa shape index (κ3) is 5.79. The molecule has 2 aliphatic rings. The lowest BCUT2D eigenvalue weighted by Gasteiger charge is -2.27. The quantitative estimate of drug-likeness (QED) is 0.476. The number of nitrogens with one attached hydrogen (secondary N) is 2. The number of carbonyl (C=O) groups is 2. The minimum atomic E-state index is -0.560. The van der Waals surface area contributed by atoms with E-state index in [1.807, 2.05) is 38.6 Å². The summed E-state index contributed by atoms with van der Waals surface area (Å²) >= 11 is 0. The van der Waals surface area contributed by atoms with Crippen molar-refractivity contribution in [1.29, 1.82) is 0 Å². The number of aryl methyl sites for hydroxylation is 1. The molecule has 14 nitrogen and oxygen atoms in total. The Morgan fingerprint density at radius 2 is 1.97 bits per heavy atom. The van der Waals surface area contributed by atoms with Crippen LogP contribution in [0.1, 0.15) is 27.2 Å². The molecule has 3 aromatic rings. The lowest BCUT2D eigenvalue weighted by molar-refractivity contribution is -0.120. The van der Waals surface area contributed by atoms with Gasteiger partial charge in [0.2, 0.25) is 11.9 Å². The summed E-state index contributed by atoms with van der Waals surface area (Å²) in [5, 5.41) is 10.4. The maximum absolute atomic E-state index is 12.8. The molecule has 0 aliphatic carbocycles. The van der Waals surface area contributed by atoms with Crippen LogP contribution >= 0.6 is 0 Å². The van der Waals surface area contributed by atoms with E-state index in [1.165, 1.54) is 0 Å². The van der Waals surface area contributed by atoms with Crippen molar-refractivity contribution in [2.45, 2.75) is 38.8 Å². The van der Waals surface area contributed by atoms with Crippen molar-refractivity contribution in [2.75, 3.05) is 56.2 Å². The van der Waals surface area contributed by atoms with Gasteiger partial charge in [0.25, 0.3) is 0 Å². The van der Waals surface area contributed by atoms with Crippen LogP contribution in [0.4, 0.5) is 16.6 Å². The van der Waals surface area contributed by atoms with Gasteiger partial charge in [-0.15, -0.1) is 0 Å². The van der Waals surface area contributed by atoms with Crippen molar-refractivity contribution < 1.29 is 19.1 Å². The normalized spacial score (nSPS) is 18.2. The number of hydrogen-bond donors (Lipinski definition) is 2. The van der Waals surface area contributed by atoms with Gasteiger partial charge < -0.3 is 29.9 Å². The summed E-state index contributed by atoms with van der Waals surface area (Å²) in [5.41, 5.74) is 1.42. The molecule has 14 heteroatoms. The average molecular weight is 527 g/mol. The van der Waals surface area contributed by atoms with Gasteiger partial charge in [-0.25, -0.2) is 9.78 Å². The molecule has 2 amide bonds. The molecule has 2 saturated heterocycles. The van der Waals surface area contributed by atoms with Crippen molar-refractivity contribution in [2.24, 2.45) is 7.05 Å². The lowest BCUT2D eigenvalue weighted by atomic mass is 10.2. The van der Waals surface area contributed by atoms with E-state index in [4.69, 9.17) is 19.4 Å². The van der Waals surface area contributed by atoms with E-state index in [2.05, 4.69) is 25.6 Å². The van der Waals surface area contributed by atoms with Gasteiger partial charge >= 0.3 is 6.09 Å². The first-order valence-corrected chi connectivity index (χ1v) is 12.7. The van der Waals surface area contributed by atoms with E-state index in [9.17, 15) is 9.59 Å². The summed E-state index contributed by atoms with van der Waals surface area (Å²) in [6.07, 6.45) is 5.59. The lowest BCUT2D eigenvalue weighted by Crippen LogP contribution is -2.42. The Labute approximate surface area is 220 Å². The van der Waals surface area contributed by atoms with Crippen LogP contribution in [0, 0.1) is 0 Å². The molecule has 2 N–H and O–H groups in total. The van der Waals surface area contributed by atoms with E-state index in [1.54, 1.807) is 22.1 Å². The van der Waals surface area contributed by atoms with Crippen molar-refractivity contribution >= 4 is 34.9 Å². The van der Waals surface area contributed by atoms with Gasteiger partial charge in [0, 0.05) is 45.5 Å². The molecule has 0 aromatic carbocycles. The molecule has 1 atom stereocenters. The number of anilines is 2. The second kappa shape index (κ2) is 10.4. The number of morpholine rings is 1. The van der Waals surface area contributed by atoms with Crippen LogP contribution in [0.3, 0.4) is 0 Å². The molecular weight excluding hydrogens is 492 g/mol. The predicted molar refractivity (Wildman–Crippen MR) is 139 cm³/mol. The van der Waals surface area contributed by atoms with Gasteiger partial charge in [-0.2, -0.15) is 15.1 Å². The van der Waals surface area contributed by atoms with Gasteiger partial charge in [-0.05, 0) is 27.2 Å². The second-order valence-electron chi connectivity index (χ2n) is 10.5. The first kappa shape index (κ1) is 25.7. The summed E-state index contributed by atoms with van der Waals surface area (Å²) in [6.45, 7) is 8.97. The van der Waals surface area contributed by atoms with Crippen molar-refractivity contribution in [1.82, 2.24) is 39.5 Å². The Morgan fingerprint density at radius 3 is 2.68 bits per heavy atom. The monoisotopic (exact) mass is 526 g/mol. The number of imidazole rings is 1. The van der Waals surface area contributed by atoms with E-state index in [0.29, 0.717) is 68.7 Å². The molecule has 0 saturated carbocycles. The number of hydrogen-bond acceptors (Lipinski definition) is 10. The third-order valence-corrected chi connectivity index (χ3v) is 6.27. The zero-order valence-corrected chi connectivity index (χ0v) is 22.2. The number of ether oxygens (including phenoxy) is 2. The van der Waals surface area contributed by atoms with Crippen LogP contribution in [0.5, 0.6) is 0 Å². The fraction of sp³-hybridized carbons (Fsp3) is 0.583. The number of carbonyl (C=O) groups excluding carboxylic acids is 2. The molecule has 2 aliphatic heterocycles. The maximum atomic E-state index is 12.8. The Bertz CT molecular complexity index is 1310. The summed E-state index contributed by atoms with van der Waals surface area (Å²) in [7, 11) is 1.85. The summed E-state index contributed by atoms with van der Waals surface area (Å²) < 4.78 is 14.5. The average Bonchev–Trinajstić information content (AvgIpc) is 3.61. The van der Waals surface area contributed by atoms with Crippen LogP contribution in [-0.2, 0) is 21.3 Å². The van der Waals surface area contributed by atoms with Crippen LogP contribution < -0.4 is 15.5 Å². The molecule has 3 aromatic heterocycles. The standard InChI is InChI=1S/C24H34N10O4/c1-24(2,3)38-23(36)33-6-5-16(13-33)28-18(35)12-25-20-19-21(30-22(29-20)32-7-9-37-10-8-32)34(15-26-19)17-11-27-31(4)14-17/h11,14-16H,5-10,12-13H2,1-4H3,(H,28,35)(H,25,29,30)/t16-/m0/s1. The molecule has 0 radical (unpaired) electrons. The first-order chi connectivity index (χ1) is 18.2. The molecule has 0 bridgehead atoms.